The lowest BCUT2D eigenvalue weighted by Crippen LogP contribution is -2.52. The monoisotopic (exact) mass is 510 g/mol. The second kappa shape index (κ2) is 11.8. The normalized spacial score (nSPS) is 20.9. The quantitative estimate of drug-likeness (QED) is 0.590. The number of methoxy groups -OCH3 is 1. The highest BCUT2D eigenvalue weighted by Crippen LogP contribution is 2.31. The van der Waals surface area contributed by atoms with Crippen molar-refractivity contribution in [2.45, 2.75) is 57.7 Å². The van der Waals surface area contributed by atoms with Gasteiger partial charge in [0.05, 0.1) is 26.3 Å². The van der Waals surface area contributed by atoms with Crippen LogP contribution in [0.5, 0.6) is 11.6 Å². The summed E-state index contributed by atoms with van der Waals surface area (Å²) >= 11 is 0. The molecule has 37 heavy (non-hydrogen) atoms. The summed E-state index contributed by atoms with van der Waals surface area (Å²) in [5.41, 5.74) is 2.00. The van der Waals surface area contributed by atoms with Crippen molar-refractivity contribution in [2.75, 3.05) is 33.9 Å². The summed E-state index contributed by atoms with van der Waals surface area (Å²) in [6.45, 7) is 4.39. The molecule has 9 heteroatoms. The van der Waals surface area contributed by atoms with Crippen LogP contribution in [0, 0.1) is 5.92 Å². The lowest BCUT2D eigenvalue weighted by Gasteiger charge is -2.37. The first kappa shape index (κ1) is 26.7. The Kier molecular flexibility index (Phi) is 8.53. The number of carbonyl (C=O) groups excluding carboxylic acids is 2. The molecule has 3 amide bonds. The molecule has 200 valence electrons. The molecular weight excluding hydrogens is 472 g/mol. The third-order valence-electron chi connectivity index (χ3n) is 7.43. The maximum absolute atomic E-state index is 13.7. The van der Waals surface area contributed by atoms with Crippen LogP contribution in [0.25, 0.3) is 11.1 Å². The van der Waals surface area contributed by atoms with Gasteiger partial charge in [-0.25, -0.2) is 9.78 Å². The van der Waals surface area contributed by atoms with Crippen molar-refractivity contribution >= 4 is 11.9 Å². The number of hydrogen-bond acceptors (Lipinski definition) is 6. The van der Waals surface area contributed by atoms with Crippen molar-refractivity contribution in [3.05, 3.63) is 42.1 Å². The van der Waals surface area contributed by atoms with E-state index < -0.39 is 0 Å². The van der Waals surface area contributed by atoms with E-state index in [-0.39, 0.29) is 48.5 Å². The predicted octanol–water partition coefficient (Wildman–Crippen LogP) is 3.56. The fourth-order valence-electron chi connectivity index (χ4n) is 4.97. The second-order valence-electron chi connectivity index (χ2n) is 10.2. The van der Waals surface area contributed by atoms with E-state index in [4.69, 9.17) is 9.47 Å². The summed E-state index contributed by atoms with van der Waals surface area (Å²) in [5.74, 6) is 0.634. The summed E-state index contributed by atoms with van der Waals surface area (Å²) in [5, 5.41) is 13.0. The second-order valence-corrected chi connectivity index (χ2v) is 10.2. The van der Waals surface area contributed by atoms with Gasteiger partial charge in [-0.1, -0.05) is 31.9 Å². The van der Waals surface area contributed by atoms with Crippen LogP contribution in [0.15, 0.2) is 36.5 Å². The van der Waals surface area contributed by atoms with E-state index in [0.29, 0.717) is 18.7 Å². The number of amides is 3. The van der Waals surface area contributed by atoms with E-state index in [9.17, 15) is 14.7 Å². The Bertz CT molecular complexity index is 1090. The van der Waals surface area contributed by atoms with Crippen LogP contribution in [0.3, 0.4) is 0 Å². The minimum atomic E-state index is -0.390. The van der Waals surface area contributed by atoms with Crippen LogP contribution in [0.1, 0.15) is 49.9 Å². The molecule has 1 fully saturated rings. The molecule has 3 atom stereocenters. The molecule has 0 radical (unpaired) electrons. The van der Waals surface area contributed by atoms with Crippen LogP contribution in [0.2, 0.25) is 0 Å². The van der Waals surface area contributed by atoms with Crippen molar-refractivity contribution in [2.24, 2.45) is 5.92 Å². The number of pyridine rings is 1. The van der Waals surface area contributed by atoms with Crippen LogP contribution >= 0.6 is 0 Å². The number of fused-ring (bicyclic) bond motifs is 1. The molecule has 2 aromatic rings. The number of hydrogen-bond donors (Lipinski definition) is 2. The van der Waals surface area contributed by atoms with E-state index in [0.717, 1.165) is 42.6 Å². The number of ether oxygens (including phenoxy) is 2. The van der Waals surface area contributed by atoms with Crippen LogP contribution in [-0.4, -0.2) is 83.9 Å². The number of aliphatic hydroxyl groups excluding tert-OH is 1. The van der Waals surface area contributed by atoms with Gasteiger partial charge < -0.3 is 29.7 Å². The maximum atomic E-state index is 13.7. The van der Waals surface area contributed by atoms with Crippen molar-refractivity contribution in [1.29, 1.82) is 0 Å². The molecule has 2 aliphatic rings. The van der Waals surface area contributed by atoms with Crippen LogP contribution in [0.4, 0.5) is 4.79 Å². The zero-order valence-corrected chi connectivity index (χ0v) is 22.1. The number of benzene rings is 1. The standard InChI is InChI=1S/C28H38N4O5/c1-18-15-32(19(2)17-33)27(34)24-13-21(20-9-11-23(36-4)12-10-20)14-29-26(24)37-25(18)16-31(3)28(35)30-22-7-5-6-8-22/h9-14,18-19,22,25,33H,5-8,15-17H2,1-4H3,(H,30,35)/t18-,19-,25+/m0/s1. The van der Waals surface area contributed by atoms with E-state index in [2.05, 4.69) is 10.3 Å². The number of aromatic nitrogens is 1. The SMILES string of the molecule is COc1ccc(-c2cnc3c(c2)C(=O)N([C@@H](C)CO)C[C@H](C)[C@@H](CN(C)C(=O)NC2CCCC2)O3)cc1. The van der Waals surface area contributed by atoms with Gasteiger partial charge in [-0.2, -0.15) is 0 Å². The minimum absolute atomic E-state index is 0.101. The highest BCUT2D eigenvalue weighted by atomic mass is 16.5. The number of aliphatic hydroxyl groups is 1. The number of rotatable bonds is 7. The highest BCUT2D eigenvalue weighted by molar-refractivity contribution is 5.98. The average Bonchev–Trinajstić information content (AvgIpc) is 3.43. The van der Waals surface area contributed by atoms with Gasteiger partial charge in [0.1, 0.15) is 17.4 Å². The fraction of sp³-hybridized carbons (Fsp3) is 0.536. The van der Waals surface area contributed by atoms with Gasteiger partial charge in [0.2, 0.25) is 5.88 Å². The molecule has 9 nitrogen and oxygen atoms in total. The van der Waals surface area contributed by atoms with Crippen molar-refractivity contribution in [1.82, 2.24) is 20.1 Å². The molecule has 4 rings (SSSR count). The third kappa shape index (κ3) is 6.15. The Balaban J connectivity index is 1.62. The maximum Gasteiger partial charge on any atom is 0.317 e. The molecule has 0 spiro atoms. The van der Waals surface area contributed by atoms with Crippen molar-refractivity contribution < 1.29 is 24.2 Å². The number of nitrogens with one attached hydrogen (secondary N) is 1. The topological polar surface area (TPSA) is 104 Å². The van der Waals surface area contributed by atoms with Gasteiger partial charge >= 0.3 is 6.03 Å². The molecule has 1 aromatic heterocycles. The number of likely N-dealkylation sites (N-methyl/N-ethyl adjacent to an activating group) is 1. The van der Waals surface area contributed by atoms with E-state index in [1.54, 1.807) is 36.2 Å². The Hall–Kier alpha value is -3.33. The fourth-order valence-corrected chi connectivity index (χ4v) is 4.97. The Morgan fingerprint density at radius 3 is 2.62 bits per heavy atom. The predicted molar refractivity (Wildman–Crippen MR) is 141 cm³/mol. The molecule has 0 bridgehead atoms. The van der Waals surface area contributed by atoms with Crippen molar-refractivity contribution in [3.8, 4) is 22.8 Å². The molecule has 1 aliphatic heterocycles. The van der Waals surface area contributed by atoms with E-state index >= 15 is 0 Å². The van der Waals surface area contributed by atoms with Crippen LogP contribution < -0.4 is 14.8 Å². The average molecular weight is 511 g/mol. The van der Waals surface area contributed by atoms with E-state index in [1.807, 2.05) is 38.1 Å². The van der Waals surface area contributed by atoms with Crippen molar-refractivity contribution in [3.63, 3.8) is 0 Å². The first-order valence-corrected chi connectivity index (χ1v) is 13.0. The summed E-state index contributed by atoms with van der Waals surface area (Å²) in [4.78, 5) is 34.4. The molecule has 1 aromatic carbocycles. The van der Waals surface area contributed by atoms with Gasteiger partial charge in [-0.3, -0.25) is 4.79 Å². The molecule has 0 saturated heterocycles. The highest BCUT2D eigenvalue weighted by Gasteiger charge is 2.35. The molecule has 1 aliphatic carbocycles. The van der Waals surface area contributed by atoms with Gasteiger partial charge in [0.25, 0.3) is 5.91 Å². The zero-order valence-electron chi connectivity index (χ0n) is 22.1. The molecule has 2 N–H and O–H groups in total. The van der Waals surface area contributed by atoms with Gasteiger partial charge in [-0.15, -0.1) is 0 Å². The summed E-state index contributed by atoms with van der Waals surface area (Å²) in [6, 6.07) is 9.04. The Morgan fingerprint density at radius 1 is 1.27 bits per heavy atom. The lowest BCUT2D eigenvalue weighted by atomic mass is 9.99. The smallest absolute Gasteiger partial charge is 0.317 e. The van der Waals surface area contributed by atoms with Crippen LogP contribution in [-0.2, 0) is 0 Å². The van der Waals surface area contributed by atoms with Gasteiger partial charge in [0, 0.05) is 37.3 Å². The summed E-state index contributed by atoms with van der Waals surface area (Å²) < 4.78 is 11.6. The largest absolute Gasteiger partial charge is 0.497 e. The third-order valence-corrected chi connectivity index (χ3v) is 7.43. The molecule has 0 unspecified atom stereocenters. The Labute approximate surface area is 218 Å². The number of carbonyl (C=O) groups is 2. The summed E-state index contributed by atoms with van der Waals surface area (Å²) in [6.07, 6.45) is 5.61. The van der Waals surface area contributed by atoms with Gasteiger partial charge in [0.15, 0.2) is 0 Å². The summed E-state index contributed by atoms with van der Waals surface area (Å²) in [7, 11) is 3.38. The number of urea groups is 1. The molecule has 2 heterocycles. The lowest BCUT2D eigenvalue weighted by molar-refractivity contribution is 0.0351. The Morgan fingerprint density at radius 2 is 1.97 bits per heavy atom. The van der Waals surface area contributed by atoms with E-state index in [1.165, 1.54) is 0 Å². The number of nitrogens with zero attached hydrogens (tertiary/aromatic N) is 3. The molecule has 1 saturated carbocycles. The molecular formula is C28H38N4O5. The zero-order chi connectivity index (χ0) is 26.5. The first-order chi connectivity index (χ1) is 17.8. The van der Waals surface area contributed by atoms with Gasteiger partial charge in [-0.05, 0) is 43.5 Å². The minimum Gasteiger partial charge on any atom is -0.497 e. The first-order valence-electron chi connectivity index (χ1n) is 13.0.